The molecule has 0 aliphatic carbocycles. The van der Waals surface area contributed by atoms with E-state index in [0.717, 1.165) is 45.1 Å². The lowest BCUT2D eigenvalue weighted by Crippen LogP contribution is -2.43. The molecule has 6 heterocycles. The van der Waals surface area contributed by atoms with E-state index in [0.29, 0.717) is 42.7 Å². The highest BCUT2D eigenvalue weighted by molar-refractivity contribution is 6.04. The number of pyridine rings is 1. The third kappa shape index (κ3) is 4.52. The Hall–Kier alpha value is -4.30. The first kappa shape index (κ1) is 28.2. The lowest BCUT2D eigenvalue weighted by molar-refractivity contribution is 0.107. The van der Waals surface area contributed by atoms with Gasteiger partial charge < -0.3 is 19.5 Å². The quantitative estimate of drug-likeness (QED) is 0.284. The number of benzene rings is 2. The highest BCUT2D eigenvalue weighted by atomic mass is 19.1. The van der Waals surface area contributed by atoms with Crippen molar-refractivity contribution in [1.29, 1.82) is 0 Å². The van der Waals surface area contributed by atoms with Crippen LogP contribution in [-0.4, -0.2) is 75.6 Å². The van der Waals surface area contributed by atoms with Gasteiger partial charge in [0, 0.05) is 30.5 Å². The molecular weight excluding hydrogens is 583 g/mol. The molecule has 45 heavy (non-hydrogen) atoms. The molecule has 2 aromatic carbocycles. The number of hydrogen-bond donors (Lipinski definition) is 1. The smallest absolute Gasteiger partial charge is 0.319 e. The number of ether oxygens (including phenoxy) is 2. The van der Waals surface area contributed by atoms with Gasteiger partial charge >= 0.3 is 6.01 Å². The van der Waals surface area contributed by atoms with E-state index >= 15 is 4.39 Å². The van der Waals surface area contributed by atoms with Gasteiger partial charge in [0.15, 0.2) is 5.82 Å². The van der Waals surface area contributed by atoms with Crippen LogP contribution in [0.4, 0.5) is 19.0 Å². The van der Waals surface area contributed by atoms with Crippen LogP contribution >= 0.6 is 0 Å². The lowest BCUT2D eigenvalue weighted by atomic mass is 9.95. The summed E-state index contributed by atoms with van der Waals surface area (Å²) in [5.74, 6) is 1.39. The van der Waals surface area contributed by atoms with Crippen molar-refractivity contribution in [3.05, 3.63) is 41.5 Å². The summed E-state index contributed by atoms with van der Waals surface area (Å²) in [5.41, 5.74) is -0.655. The number of anilines is 1. The number of aromatic hydroxyl groups is 1. The number of halogens is 3. The summed E-state index contributed by atoms with van der Waals surface area (Å²) in [6, 6.07) is 5.41. The van der Waals surface area contributed by atoms with Crippen LogP contribution in [0.5, 0.6) is 17.6 Å². The number of hydrogen-bond acceptors (Lipinski definition) is 8. The first-order valence-electron chi connectivity index (χ1n) is 15.6. The Morgan fingerprint density at radius 2 is 1.98 bits per heavy atom. The SMILES string of the molecule is C#Cc1c(F)ccc2cc(O)cc(-c3nc4c5c(nc(OC[C@@]67CCCN6C[C@H](F)C7)nc5c3F)N3CCCCC[C@H]3CO4)c12. The summed E-state index contributed by atoms with van der Waals surface area (Å²) in [6.07, 6.45) is 10.8. The fourth-order valence-corrected chi connectivity index (χ4v) is 7.86. The van der Waals surface area contributed by atoms with Crippen LogP contribution in [0.1, 0.15) is 50.5 Å². The molecule has 0 spiro atoms. The van der Waals surface area contributed by atoms with Gasteiger partial charge in [-0.3, -0.25) is 4.90 Å². The molecule has 232 valence electrons. The number of rotatable bonds is 4. The third-order valence-corrected chi connectivity index (χ3v) is 9.96. The summed E-state index contributed by atoms with van der Waals surface area (Å²) in [7, 11) is 0. The average molecular weight is 616 g/mol. The molecule has 0 unspecified atom stereocenters. The van der Waals surface area contributed by atoms with Gasteiger partial charge in [0.25, 0.3) is 0 Å². The second-order valence-corrected chi connectivity index (χ2v) is 12.7. The molecule has 3 fully saturated rings. The molecule has 0 amide bonds. The van der Waals surface area contributed by atoms with Gasteiger partial charge in [0.05, 0.1) is 17.1 Å². The molecule has 0 bridgehead atoms. The second-order valence-electron chi connectivity index (χ2n) is 12.7. The van der Waals surface area contributed by atoms with Crippen LogP contribution in [0.15, 0.2) is 24.3 Å². The topological polar surface area (TPSA) is 83.8 Å². The number of aromatic nitrogens is 3. The molecule has 4 aromatic rings. The van der Waals surface area contributed by atoms with Crippen LogP contribution in [0, 0.1) is 24.0 Å². The molecular formula is C34H32F3N5O3. The van der Waals surface area contributed by atoms with E-state index in [1.807, 2.05) is 0 Å². The van der Waals surface area contributed by atoms with Crippen molar-refractivity contribution < 1.29 is 27.8 Å². The third-order valence-electron chi connectivity index (χ3n) is 9.96. The normalized spacial score (nSPS) is 24.5. The number of phenolic OH excluding ortho intramolecular Hbond substituents is 1. The van der Waals surface area contributed by atoms with Gasteiger partial charge in [-0.25, -0.2) is 18.2 Å². The molecule has 8 nitrogen and oxygen atoms in total. The van der Waals surface area contributed by atoms with Crippen molar-refractivity contribution in [3.8, 4) is 41.2 Å². The van der Waals surface area contributed by atoms with Crippen molar-refractivity contribution in [1.82, 2.24) is 19.9 Å². The fraction of sp³-hybridized carbons (Fsp3) is 0.441. The molecule has 0 saturated carbocycles. The van der Waals surface area contributed by atoms with E-state index in [-0.39, 0.29) is 58.0 Å². The summed E-state index contributed by atoms with van der Waals surface area (Å²) in [5, 5.41) is 11.6. The van der Waals surface area contributed by atoms with Crippen LogP contribution < -0.4 is 14.4 Å². The number of nitrogens with zero attached hydrogens (tertiary/aromatic N) is 5. The maximum absolute atomic E-state index is 16.9. The number of terminal acetylenes is 1. The molecule has 4 aliphatic heterocycles. The van der Waals surface area contributed by atoms with Crippen LogP contribution in [0.2, 0.25) is 0 Å². The van der Waals surface area contributed by atoms with Gasteiger partial charge in [-0.05, 0) is 55.8 Å². The maximum atomic E-state index is 16.9. The Kier molecular flexibility index (Phi) is 6.68. The van der Waals surface area contributed by atoms with Gasteiger partial charge in [-0.15, -0.1) is 6.42 Å². The van der Waals surface area contributed by atoms with Gasteiger partial charge in [0.2, 0.25) is 5.88 Å². The van der Waals surface area contributed by atoms with Gasteiger partial charge in [-0.2, -0.15) is 9.97 Å². The molecule has 8 rings (SSSR count). The van der Waals surface area contributed by atoms with E-state index in [2.05, 4.69) is 25.7 Å². The minimum Gasteiger partial charge on any atom is -0.508 e. The summed E-state index contributed by atoms with van der Waals surface area (Å²) in [6.45, 7) is 2.38. The second kappa shape index (κ2) is 10.7. The van der Waals surface area contributed by atoms with Crippen molar-refractivity contribution in [3.63, 3.8) is 0 Å². The zero-order valence-electron chi connectivity index (χ0n) is 24.7. The Balaban J connectivity index is 1.33. The van der Waals surface area contributed by atoms with E-state index in [1.54, 1.807) is 0 Å². The van der Waals surface area contributed by atoms with Crippen molar-refractivity contribution in [2.24, 2.45) is 0 Å². The minimum absolute atomic E-state index is 0.0101. The zero-order chi connectivity index (χ0) is 30.9. The van der Waals surface area contributed by atoms with E-state index in [1.165, 1.54) is 24.3 Å². The van der Waals surface area contributed by atoms with Crippen LogP contribution in [0.3, 0.4) is 0 Å². The monoisotopic (exact) mass is 615 g/mol. The van der Waals surface area contributed by atoms with E-state index < -0.39 is 23.3 Å². The minimum atomic E-state index is -0.922. The van der Waals surface area contributed by atoms with Crippen molar-refractivity contribution >= 4 is 27.5 Å². The molecule has 11 heteroatoms. The van der Waals surface area contributed by atoms with Gasteiger partial charge in [-0.1, -0.05) is 24.8 Å². The first-order chi connectivity index (χ1) is 21.8. The van der Waals surface area contributed by atoms with Crippen LogP contribution in [-0.2, 0) is 0 Å². The molecule has 3 saturated heterocycles. The van der Waals surface area contributed by atoms with E-state index in [4.69, 9.17) is 20.9 Å². The fourth-order valence-electron chi connectivity index (χ4n) is 7.86. The summed E-state index contributed by atoms with van der Waals surface area (Å²) in [4.78, 5) is 18.3. The molecule has 0 radical (unpaired) electrons. The maximum Gasteiger partial charge on any atom is 0.319 e. The predicted octanol–water partition coefficient (Wildman–Crippen LogP) is 5.91. The Morgan fingerprint density at radius 1 is 1.09 bits per heavy atom. The van der Waals surface area contributed by atoms with Crippen LogP contribution in [0.25, 0.3) is 32.9 Å². The van der Waals surface area contributed by atoms with Crippen molar-refractivity contribution in [2.45, 2.75) is 62.7 Å². The number of fused-ring (bicyclic) bond motifs is 4. The first-order valence-corrected chi connectivity index (χ1v) is 15.6. The molecule has 3 atom stereocenters. The summed E-state index contributed by atoms with van der Waals surface area (Å²) >= 11 is 0. The molecule has 1 N–H and O–H groups in total. The Bertz CT molecular complexity index is 1900. The largest absolute Gasteiger partial charge is 0.508 e. The highest BCUT2D eigenvalue weighted by Gasteiger charge is 2.49. The standard InChI is InChI=1S/C34H32F3N5O3/c1-2-23-25(36)9-8-19-13-22(43)14-24(26(19)23)29-28(37)30-27-31(42-12-5-3-4-7-21(42)17-44-32(27)38-29)40-33(39-30)45-18-34-10-6-11-41(34)16-20(35)15-34/h1,8-9,13-14,20-21,43H,3-7,10-12,15-18H2/t20-,21+,34+/m1/s1. The Morgan fingerprint density at radius 3 is 2.84 bits per heavy atom. The lowest BCUT2D eigenvalue weighted by Gasteiger charge is -2.31. The van der Waals surface area contributed by atoms with Gasteiger partial charge in [0.1, 0.15) is 53.4 Å². The average Bonchev–Trinajstić information content (AvgIpc) is 3.38. The predicted molar refractivity (Wildman–Crippen MR) is 163 cm³/mol. The molecule has 4 aliphatic rings. The molecule has 2 aromatic heterocycles. The highest BCUT2D eigenvalue weighted by Crippen LogP contribution is 2.45. The number of phenols is 1. The number of alkyl halides is 1. The van der Waals surface area contributed by atoms with E-state index in [9.17, 15) is 13.9 Å². The zero-order valence-corrected chi connectivity index (χ0v) is 24.7. The van der Waals surface area contributed by atoms with Crippen molar-refractivity contribution in [2.75, 3.05) is 37.7 Å². The summed E-state index contributed by atoms with van der Waals surface area (Å²) < 4.78 is 58.8. The Labute approximate surface area is 258 Å².